The minimum atomic E-state index is -0.253. The highest BCUT2D eigenvalue weighted by molar-refractivity contribution is 8.03. The van der Waals surface area contributed by atoms with Crippen LogP contribution >= 0.6 is 11.8 Å². The zero-order valence-electron chi connectivity index (χ0n) is 4.83. The van der Waals surface area contributed by atoms with E-state index in [1.54, 1.807) is 0 Å². The zero-order valence-corrected chi connectivity index (χ0v) is 5.65. The Kier molecular flexibility index (Phi) is 2.00. The molecule has 0 aromatic rings. The third-order valence-electron chi connectivity index (χ3n) is 1.05. The van der Waals surface area contributed by atoms with Crippen molar-refractivity contribution in [2.24, 2.45) is 5.73 Å². The van der Waals surface area contributed by atoms with Gasteiger partial charge in [-0.15, -0.1) is 11.8 Å². The van der Waals surface area contributed by atoms with Crippen LogP contribution < -0.4 is 11.1 Å². The Bertz CT molecular complexity index is 146. The molecule has 0 saturated carbocycles. The van der Waals surface area contributed by atoms with Gasteiger partial charge in [-0.05, 0) is 5.41 Å². The predicted molar refractivity (Wildman–Crippen MR) is 37.7 cm³/mol. The molecular weight excluding hydrogens is 136 g/mol. The number of rotatable bonds is 1. The summed E-state index contributed by atoms with van der Waals surface area (Å²) in [6, 6.07) is 0. The van der Waals surface area contributed by atoms with Gasteiger partial charge in [0, 0.05) is 12.7 Å². The van der Waals surface area contributed by atoms with Gasteiger partial charge in [0.2, 0.25) is 5.91 Å². The molecule has 1 aliphatic heterocycles. The standard InChI is InChI=1S/C5H8N2OS/c6-5(8)4-3-7-1-2-9-4/h1-2,4,7H,3H2,(H2,6,8). The van der Waals surface area contributed by atoms with Gasteiger partial charge in [0.1, 0.15) is 5.25 Å². The average Bonchev–Trinajstić information content (AvgIpc) is 1.90. The molecule has 0 fully saturated rings. The van der Waals surface area contributed by atoms with E-state index in [9.17, 15) is 4.79 Å². The highest BCUT2D eigenvalue weighted by Gasteiger charge is 2.14. The van der Waals surface area contributed by atoms with Gasteiger partial charge >= 0.3 is 0 Å². The second-order valence-electron chi connectivity index (χ2n) is 1.74. The van der Waals surface area contributed by atoms with E-state index < -0.39 is 0 Å². The van der Waals surface area contributed by atoms with Crippen LogP contribution in [0.1, 0.15) is 0 Å². The first-order valence-corrected chi connectivity index (χ1v) is 3.58. The number of carbonyl (C=O) groups excluding carboxylic acids is 1. The van der Waals surface area contributed by atoms with E-state index in [2.05, 4.69) is 5.32 Å². The lowest BCUT2D eigenvalue weighted by atomic mass is 10.4. The van der Waals surface area contributed by atoms with Crippen molar-refractivity contribution < 1.29 is 4.79 Å². The van der Waals surface area contributed by atoms with Crippen LogP contribution in [0.3, 0.4) is 0 Å². The molecule has 0 aromatic carbocycles. The Morgan fingerprint density at radius 3 is 3.00 bits per heavy atom. The normalized spacial score (nSPS) is 25.1. The van der Waals surface area contributed by atoms with Gasteiger partial charge in [0.15, 0.2) is 0 Å². The van der Waals surface area contributed by atoms with Crippen molar-refractivity contribution in [2.45, 2.75) is 5.25 Å². The van der Waals surface area contributed by atoms with E-state index in [-0.39, 0.29) is 11.2 Å². The van der Waals surface area contributed by atoms with Gasteiger partial charge in [0.25, 0.3) is 0 Å². The quantitative estimate of drug-likeness (QED) is 0.529. The summed E-state index contributed by atoms with van der Waals surface area (Å²) < 4.78 is 0. The Morgan fingerprint density at radius 1 is 1.89 bits per heavy atom. The van der Waals surface area contributed by atoms with Crippen molar-refractivity contribution in [3.8, 4) is 0 Å². The Labute approximate surface area is 57.7 Å². The molecule has 1 atom stereocenters. The molecule has 1 heterocycles. The van der Waals surface area contributed by atoms with E-state index >= 15 is 0 Å². The number of nitrogens with one attached hydrogen (secondary N) is 1. The number of primary amides is 1. The molecule has 0 spiro atoms. The van der Waals surface area contributed by atoms with Crippen molar-refractivity contribution in [1.82, 2.24) is 5.32 Å². The summed E-state index contributed by atoms with van der Waals surface area (Å²) in [5, 5.41) is 4.66. The summed E-state index contributed by atoms with van der Waals surface area (Å²) in [5.41, 5.74) is 5.03. The minimum absolute atomic E-state index is 0.0880. The van der Waals surface area contributed by atoms with Gasteiger partial charge in [0.05, 0.1) is 0 Å². The van der Waals surface area contributed by atoms with Crippen LogP contribution in [0.4, 0.5) is 0 Å². The van der Waals surface area contributed by atoms with E-state index in [0.29, 0.717) is 6.54 Å². The van der Waals surface area contributed by atoms with Gasteiger partial charge in [-0.3, -0.25) is 4.79 Å². The van der Waals surface area contributed by atoms with E-state index in [1.807, 2.05) is 11.6 Å². The van der Waals surface area contributed by atoms with Crippen LogP contribution in [0.2, 0.25) is 0 Å². The van der Waals surface area contributed by atoms with Gasteiger partial charge < -0.3 is 11.1 Å². The lowest BCUT2D eigenvalue weighted by molar-refractivity contribution is -0.117. The summed E-state index contributed by atoms with van der Waals surface area (Å²) in [5.74, 6) is -0.253. The van der Waals surface area contributed by atoms with Gasteiger partial charge in [-0.1, -0.05) is 0 Å². The first-order valence-electron chi connectivity index (χ1n) is 2.64. The molecule has 1 rings (SSSR count). The highest BCUT2D eigenvalue weighted by Crippen LogP contribution is 2.13. The molecule has 1 aliphatic rings. The van der Waals surface area contributed by atoms with Crippen LogP contribution in [-0.4, -0.2) is 17.7 Å². The van der Waals surface area contributed by atoms with E-state index in [1.165, 1.54) is 11.8 Å². The first-order chi connectivity index (χ1) is 4.30. The zero-order chi connectivity index (χ0) is 6.69. The van der Waals surface area contributed by atoms with Crippen molar-refractivity contribution in [3.63, 3.8) is 0 Å². The number of carbonyl (C=O) groups is 1. The predicted octanol–water partition coefficient (Wildman–Crippen LogP) is -0.352. The molecule has 1 amide bonds. The number of thioether (sulfide) groups is 1. The fraction of sp³-hybridized carbons (Fsp3) is 0.400. The van der Waals surface area contributed by atoms with Crippen molar-refractivity contribution in [2.75, 3.05) is 6.54 Å². The average molecular weight is 144 g/mol. The molecule has 3 N–H and O–H groups in total. The summed E-state index contributed by atoms with van der Waals surface area (Å²) in [6.45, 7) is 0.649. The Balaban J connectivity index is 2.44. The molecule has 1 unspecified atom stereocenters. The Morgan fingerprint density at radius 2 is 2.67 bits per heavy atom. The molecular formula is C5H8N2OS. The van der Waals surface area contributed by atoms with E-state index in [4.69, 9.17) is 5.73 Å². The molecule has 3 nitrogen and oxygen atoms in total. The summed E-state index contributed by atoms with van der Waals surface area (Å²) in [6.07, 6.45) is 1.81. The second-order valence-corrected chi connectivity index (χ2v) is 2.85. The topological polar surface area (TPSA) is 55.1 Å². The molecule has 50 valence electrons. The third-order valence-corrected chi connectivity index (χ3v) is 2.07. The largest absolute Gasteiger partial charge is 0.389 e. The fourth-order valence-corrected chi connectivity index (χ4v) is 1.26. The number of nitrogens with two attached hydrogens (primary N) is 1. The molecule has 0 aromatic heterocycles. The maximum absolute atomic E-state index is 10.5. The lowest BCUT2D eigenvalue weighted by Crippen LogP contribution is -2.35. The minimum Gasteiger partial charge on any atom is -0.389 e. The van der Waals surface area contributed by atoms with Gasteiger partial charge in [-0.2, -0.15) is 0 Å². The monoisotopic (exact) mass is 144 g/mol. The first kappa shape index (κ1) is 6.48. The maximum atomic E-state index is 10.5. The van der Waals surface area contributed by atoms with Crippen LogP contribution in [0.25, 0.3) is 0 Å². The molecule has 0 aliphatic carbocycles. The summed E-state index contributed by atoms with van der Waals surface area (Å²) in [7, 11) is 0. The summed E-state index contributed by atoms with van der Waals surface area (Å²) in [4.78, 5) is 10.5. The maximum Gasteiger partial charge on any atom is 0.232 e. The third kappa shape index (κ3) is 1.64. The van der Waals surface area contributed by atoms with Crippen LogP contribution in [0.5, 0.6) is 0 Å². The van der Waals surface area contributed by atoms with Crippen molar-refractivity contribution >= 4 is 17.7 Å². The molecule has 0 bridgehead atoms. The van der Waals surface area contributed by atoms with E-state index in [0.717, 1.165) is 0 Å². The summed E-state index contributed by atoms with van der Waals surface area (Å²) >= 11 is 1.45. The molecule has 0 radical (unpaired) electrons. The smallest absolute Gasteiger partial charge is 0.232 e. The van der Waals surface area contributed by atoms with Crippen LogP contribution in [0, 0.1) is 0 Å². The number of hydrogen-bond acceptors (Lipinski definition) is 3. The molecule has 4 heteroatoms. The second kappa shape index (κ2) is 2.77. The SMILES string of the molecule is NC(=O)C1CNC=CS1. The molecule has 9 heavy (non-hydrogen) atoms. The highest BCUT2D eigenvalue weighted by atomic mass is 32.2. The van der Waals surface area contributed by atoms with Crippen molar-refractivity contribution in [3.05, 3.63) is 11.6 Å². The Hall–Kier alpha value is -0.640. The van der Waals surface area contributed by atoms with Gasteiger partial charge in [-0.25, -0.2) is 0 Å². The fourth-order valence-electron chi connectivity index (χ4n) is 0.573. The van der Waals surface area contributed by atoms with Crippen molar-refractivity contribution in [1.29, 1.82) is 0 Å². The lowest BCUT2D eigenvalue weighted by Gasteiger charge is -2.13. The molecule has 0 saturated heterocycles. The number of amides is 1. The van der Waals surface area contributed by atoms with Crippen LogP contribution in [-0.2, 0) is 4.79 Å². The number of hydrogen-bond donors (Lipinski definition) is 2. The van der Waals surface area contributed by atoms with Crippen LogP contribution in [0.15, 0.2) is 11.6 Å².